The van der Waals surface area contributed by atoms with E-state index in [0.29, 0.717) is 12.5 Å². The van der Waals surface area contributed by atoms with E-state index in [4.69, 9.17) is 4.74 Å². The molecule has 2 atom stereocenters. The van der Waals surface area contributed by atoms with Gasteiger partial charge >= 0.3 is 0 Å². The lowest BCUT2D eigenvalue weighted by atomic mass is 10.1. The number of carbonyl (C=O) groups is 1. The van der Waals surface area contributed by atoms with E-state index in [2.05, 4.69) is 12.2 Å². The Labute approximate surface area is 119 Å². The maximum Gasteiger partial charge on any atom is 0.264 e. The minimum absolute atomic E-state index is 0. The summed E-state index contributed by atoms with van der Waals surface area (Å²) >= 11 is 0. The summed E-state index contributed by atoms with van der Waals surface area (Å²) in [7, 11) is 0. The van der Waals surface area contributed by atoms with Crippen molar-refractivity contribution in [1.29, 1.82) is 0 Å². The molecule has 2 heterocycles. The fourth-order valence-corrected chi connectivity index (χ4v) is 2.66. The number of amides is 1. The number of halogens is 1. The van der Waals surface area contributed by atoms with Crippen molar-refractivity contribution in [2.24, 2.45) is 0 Å². The summed E-state index contributed by atoms with van der Waals surface area (Å²) in [5, 5.41) is 3.34. The second-order valence-electron chi connectivity index (χ2n) is 5.06. The van der Waals surface area contributed by atoms with Crippen LogP contribution in [0.5, 0.6) is 5.75 Å². The van der Waals surface area contributed by atoms with Crippen molar-refractivity contribution in [1.82, 2.24) is 10.2 Å². The zero-order chi connectivity index (χ0) is 12.5. The molecule has 1 aromatic rings. The molecule has 1 N–H and O–H groups in total. The van der Waals surface area contributed by atoms with E-state index in [0.717, 1.165) is 30.9 Å². The number of piperazine rings is 1. The third-order valence-corrected chi connectivity index (χ3v) is 3.60. The lowest BCUT2D eigenvalue weighted by Crippen LogP contribution is -2.54. The van der Waals surface area contributed by atoms with Gasteiger partial charge in [-0.3, -0.25) is 4.79 Å². The van der Waals surface area contributed by atoms with Crippen molar-refractivity contribution >= 4 is 18.3 Å². The van der Waals surface area contributed by atoms with E-state index >= 15 is 0 Å². The van der Waals surface area contributed by atoms with Crippen LogP contribution in [0, 0.1) is 0 Å². The van der Waals surface area contributed by atoms with Crippen molar-refractivity contribution in [2.75, 3.05) is 19.6 Å². The molecular formula is C14H19ClN2O2. The standard InChI is InChI=1S/C14H18N2O2.ClH/c1-10-9-16(7-6-15-10)14(17)13-8-11-4-2-3-5-12(11)18-13;/h2-5,10,13,15H,6-9H2,1H3;1H/t10-,13?;/m1./s1. The average molecular weight is 283 g/mol. The molecule has 1 amide bonds. The molecule has 0 aliphatic carbocycles. The van der Waals surface area contributed by atoms with Crippen molar-refractivity contribution in [3.05, 3.63) is 29.8 Å². The molecule has 2 aliphatic heterocycles. The van der Waals surface area contributed by atoms with Crippen LogP contribution in [0.4, 0.5) is 0 Å². The summed E-state index contributed by atoms with van der Waals surface area (Å²) in [6.07, 6.45) is 0.375. The number of para-hydroxylation sites is 1. The predicted molar refractivity (Wildman–Crippen MR) is 75.9 cm³/mol. The van der Waals surface area contributed by atoms with Crippen LogP contribution in [-0.4, -0.2) is 42.6 Å². The highest BCUT2D eigenvalue weighted by Crippen LogP contribution is 2.29. The fraction of sp³-hybridized carbons (Fsp3) is 0.500. The third kappa shape index (κ3) is 2.85. The Hall–Kier alpha value is -1.26. The van der Waals surface area contributed by atoms with E-state index in [1.54, 1.807) is 0 Å². The molecule has 0 bridgehead atoms. The van der Waals surface area contributed by atoms with E-state index in [1.807, 2.05) is 29.2 Å². The Morgan fingerprint density at radius 3 is 2.95 bits per heavy atom. The van der Waals surface area contributed by atoms with Crippen molar-refractivity contribution in [3.8, 4) is 5.75 Å². The topological polar surface area (TPSA) is 41.6 Å². The van der Waals surface area contributed by atoms with Gasteiger partial charge in [-0.25, -0.2) is 0 Å². The molecule has 19 heavy (non-hydrogen) atoms. The first-order valence-corrected chi connectivity index (χ1v) is 6.51. The van der Waals surface area contributed by atoms with Gasteiger partial charge in [-0.05, 0) is 18.6 Å². The van der Waals surface area contributed by atoms with Gasteiger partial charge in [-0.1, -0.05) is 18.2 Å². The van der Waals surface area contributed by atoms with Gasteiger partial charge in [-0.15, -0.1) is 12.4 Å². The zero-order valence-electron chi connectivity index (χ0n) is 11.0. The SMILES string of the molecule is C[C@@H]1CN(C(=O)C2Cc3ccccc3O2)CCN1.Cl. The molecule has 2 aliphatic rings. The van der Waals surface area contributed by atoms with E-state index in [1.165, 1.54) is 0 Å². The third-order valence-electron chi connectivity index (χ3n) is 3.60. The summed E-state index contributed by atoms with van der Waals surface area (Å²) in [6.45, 7) is 4.52. The minimum atomic E-state index is -0.326. The van der Waals surface area contributed by atoms with Crippen molar-refractivity contribution in [2.45, 2.75) is 25.5 Å². The minimum Gasteiger partial charge on any atom is -0.480 e. The summed E-state index contributed by atoms with van der Waals surface area (Å²) in [6, 6.07) is 8.26. The smallest absolute Gasteiger partial charge is 0.264 e. The van der Waals surface area contributed by atoms with E-state index in [9.17, 15) is 4.79 Å². The fourth-order valence-electron chi connectivity index (χ4n) is 2.66. The van der Waals surface area contributed by atoms with Crippen molar-refractivity contribution < 1.29 is 9.53 Å². The summed E-state index contributed by atoms with van der Waals surface area (Å²) in [4.78, 5) is 14.3. The first kappa shape index (κ1) is 14.2. The van der Waals surface area contributed by atoms with Crippen LogP contribution in [-0.2, 0) is 11.2 Å². The summed E-state index contributed by atoms with van der Waals surface area (Å²) in [5.74, 6) is 0.985. The first-order valence-electron chi connectivity index (χ1n) is 6.51. The Morgan fingerprint density at radius 2 is 2.21 bits per heavy atom. The van der Waals surface area contributed by atoms with Crippen LogP contribution in [0.3, 0.4) is 0 Å². The largest absolute Gasteiger partial charge is 0.480 e. The molecule has 0 spiro atoms. The van der Waals surface area contributed by atoms with Crippen LogP contribution < -0.4 is 10.1 Å². The highest BCUT2D eigenvalue weighted by molar-refractivity contribution is 5.85. The maximum absolute atomic E-state index is 12.4. The molecule has 1 aromatic carbocycles. The number of carbonyl (C=O) groups excluding carboxylic acids is 1. The number of benzene rings is 1. The Bertz CT molecular complexity index is 442. The highest BCUT2D eigenvalue weighted by atomic mass is 35.5. The molecule has 0 aromatic heterocycles. The van der Waals surface area contributed by atoms with Gasteiger partial charge in [0.05, 0.1) is 0 Å². The molecule has 1 saturated heterocycles. The van der Waals surface area contributed by atoms with Gasteiger partial charge in [0.15, 0.2) is 6.10 Å². The van der Waals surface area contributed by atoms with Gasteiger partial charge in [0.2, 0.25) is 0 Å². The Kier molecular flexibility index (Phi) is 4.32. The molecule has 0 radical (unpaired) electrons. The molecule has 0 saturated carbocycles. The summed E-state index contributed by atoms with van der Waals surface area (Å²) < 4.78 is 5.75. The van der Waals surface area contributed by atoms with Gasteiger partial charge in [0, 0.05) is 32.1 Å². The number of hydrogen-bond acceptors (Lipinski definition) is 3. The zero-order valence-corrected chi connectivity index (χ0v) is 11.8. The molecule has 1 unspecified atom stereocenters. The second kappa shape index (κ2) is 5.80. The van der Waals surface area contributed by atoms with E-state index in [-0.39, 0.29) is 24.4 Å². The number of fused-ring (bicyclic) bond motifs is 1. The average Bonchev–Trinajstić information content (AvgIpc) is 2.81. The molecular weight excluding hydrogens is 264 g/mol. The van der Waals surface area contributed by atoms with Gasteiger partial charge in [0.25, 0.3) is 5.91 Å². The van der Waals surface area contributed by atoms with Gasteiger partial charge in [0.1, 0.15) is 5.75 Å². The number of ether oxygens (including phenoxy) is 1. The lowest BCUT2D eigenvalue weighted by Gasteiger charge is -2.33. The normalized spacial score (nSPS) is 25.2. The van der Waals surface area contributed by atoms with Crippen LogP contribution in [0.25, 0.3) is 0 Å². The van der Waals surface area contributed by atoms with Crippen LogP contribution >= 0.6 is 12.4 Å². The Morgan fingerprint density at radius 1 is 1.42 bits per heavy atom. The molecule has 3 rings (SSSR count). The van der Waals surface area contributed by atoms with Crippen LogP contribution in [0.1, 0.15) is 12.5 Å². The van der Waals surface area contributed by atoms with E-state index < -0.39 is 0 Å². The molecule has 104 valence electrons. The molecule has 5 heteroatoms. The van der Waals surface area contributed by atoms with Gasteiger partial charge < -0.3 is 15.0 Å². The quantitative estimate of drug-likeness (QED) is 0.842. The predicted octanol–water partition coefficient (Wildman–Crippen LogP) is 1.23. The Balaban J connectivity index is 0.00000133. The number of rotatable bonds is 1. The van der Waals surface area contributed by atoms with Crippen LogP contribution in [0.15, 0.2) is 24.3 Å². The molecule has 1 fully saturated rings. The molecule has 4 nitrogen and oxygen atoms in total. The maximum atomic E-state index is 12.4. The van der Waals surface area contributed by atoms with Gasteiger partial charge in [-0.2, -0.15) is 0 Å². The summed E-state index contributed by atoms with van der Waals surface area (Å²) in [5.41, 5.74) is 1.14. The lowest BCUT2D eigenvalue weighted by molar-refractivity contribution is -0.139. The number of nitrogens with zero attached hydrogens (tertiary/aromatic N) is 1. The highest BCUT2D eigenvalue weighted by Gasteiger charge is 2.33. The first-order chi connectivity index (χ1) is 8.74. The number of hydrogen-bond donors (Lipinski definition) is 1. The monoisotopic (exact) mass is 282 g/mol. The van der Waals surface area contributed by atoms with Crippen molar-refractivity contribution in [3.63, 3.8) is 0 Å². The second-order valence-corrected chi connectivity index (χ2v) is 5.06. The number of nitrogens with one attached hydrogen (secondary N) is 1. The van der Waals surface area contributed by atoms with Crippen LogP contribution in [0.2, 0.25) is 0 Å².